The van der Waals surface area contributed by atoms with Gasteiger partial charge in [0.05, 0.1) is 48.3 Å². The van der Waals surface area contributed by atoms with Crippen molar-refractivity contribution in [2.75, 3.05) is 10.6 Å². The highest BCUT2D eigenvalue weighted by molar-refractivity contribution is 6.29. The summed E-state index contributed by atoms with van der Waals surface area (Å²) in [6, 6.07) is 35.9. The molecule has 0 fully saturated rings. The number of carbonyl (C=O) groups is 2. The summed E-state index contributed by atoms with van der Waals surface area (Å²) in [6.45, 7) is 4.09. The van der Waals surface area contributed by atoms with Gasteiger partial charge < -0.3 is 10.6 Å². The molecule has 2 aromatic carbocycles. The SMILES string of the molecule is CC(=O)Cc1cncc(-c2nc(NCc3ccccn3)c3c(-c4ccccc4)ccn3n2)n1.CC(=O)Cc1cncc(Cl)n1.Clc1nc(NCc2ccccn2)c2c(-c3ccccc3)ccn2n1. The summed E-state index contributed by atoms with van der Waals surface area (Å²) in [4.78, 5) is 56.5. The average Bonchev–Trinajstić information content (AvgIpc) is 3.99. The van der Waals surface area contributed by atoms with Crippen LogP contribution in [0.1, 0.15) is 36.6 Å². The molecule has 0 aliphatic heterocycles. The van der Waals surface area contributed by atoms with E-state index in [1.165, 1.54) is 26.2 Å². The predicted octanol–water partition coefficient (Wildman–Crippen LogP) is 9.31. The quantitative estimate of drug-likeness (QED) is 0.111. The number of aromatic nitrogens is 12. The first-order valence-electron chi connectivity index (χ1n) is 21.3. The standard InChI is InChI=1S/C25H21N7O.C18H14ClN5.C7H7ClN2O/c1-17(33)13-20-14-26-16-22(29-20)24-30-25(28-15-19-9-5-6-11-27-19)23-21(10-12-32(23)31-24)18-7-3-2-4-8-18;19-18-22-17(21-12-14-8-4-5-10-20-14)16-15(9-11-24(16)23-18)13-6-2-1-3-7-13;1-5(11)2-6-3-9-4-7(8)10-6/h2-12,14,16H,13,15H2,1H3,(H,28,30,31);1-11H,12H2,(H,21,22,23);3-4H,2H2,1H3. The Morgan fingerprint density at radius 1 is 0.529 bits per heavy atom. The van der Waals surface area contributed by atoms with E-state index in [9.17, 15) is 9.59 Å². The van der Waals surface area contributed by atoms with Crippen LogP contribution in [0.4, 0.5) is 11.6 Å². The molecule has 0 saturated carbocycles. The molecule has 2 N–H and O–H groups in total. The number of halogens is 2. The van der Waals surface area contributed by atoms with Crippen molar-refractivity contribution in [1.29, 1.82) is 0 Å². The first kappa shape index (κ1) is 46.2. The lowest BCUT2D eigenvalue weighted by Gasteiger charge is -2.11. The van der Waals surface area contributed by atoms with Gasteiger partial charge >= 0.3 is 0 Å². The van der Waals surface area contributed by atoms with Crippen molar-refractivity contribution in [3.8, 4) is 33.8 Å². The number of benzene rings is 2. The maximum atomic E-state index is 11.5. The monoisotopic (exact) mass is 940 g/mol. The second-order valence-electron chi connectivity index (χ2n) is 15.1. The Balaban J connectivity index is 0.000000155. The van der Waals surface area contributed by atoms with E-state index in [0.29, 0.717) is 59.2 Å². The Morgan fingerprint density at radius 2 is 1.03 bits per heavy atom. The minimum atomic E-state index is 0.0217. The summed E-state index contributed by atoms with van der Waals surface area (Å²) in [5, 5.41) is 16.2. The maximum Gasteiger partial charge on any atom is 0.243 e. The van der Waals surface area contributed by atoms with Crippen LogP contribution in [0.15, 0.2) is 159 Å². The van der Waals surface area contributed by atoms with E-state index in [1.807, 2.05) is 97.3 Å². The summed E-state index contributed by atoms with van der Waals surface area (Å²) in [7, 11) is 0. The molecule has 0 radical (unpaired) electrons. The van der Waals surface area contributed by atoms with Crippen molar-refractivity contribution < 1.29 is 9.59 Å². The number of nitrogens with zero attached hydrogens (tertiary/aromatic N) is 12. The topological polar surface area (TPSA) is 196 Å². The van der Waals surface area contributed by atoms with E-state index in [2.05, 4.69) is 74.9 Å². The molecule has 0 unspecified atom stereocenters. The van der Waals surface area contributed by atoms with Crippen molar-refractivity contribution in [2.45, 2.75) is 39.8 Å². The highest BCUT2D eigenvalue weighted by Crippen LogP contribution is 2.32. The van der Waals surface area contributed by atoms with Gasteiger partial charge in [0, 0.05) is 61.1 Å². The van der Waals surface area contributed by atoms with Gasteiger partial charge in [0.25, 0.3) is 0 Å². The van der Waals surface area contributed by atoms with Gasteiger partial charge in [0.15, 0.2) is 11.6 Å². The third-order valence-corrected chi connectivity index (χ3v) is 10.3. The second-order valence-corrected chi connectivity index (χ2v) is 15.9. The molecule has 0 amide bonds. The van der Waals surface area contributed by atoms with Crippen molar-refractivity contribution in [3.63, 3.8) is 0 Å². The molecule has 8 aromatic heterocycles. The van der Waals surface area contributed by atoms with Gasteiger partial charge in [-0.1, -0.05) is 84.4 Å². The Labute approximate surface area is 400 Å². The normalized spacial score (nSPS) is 10.7. The number of hydrogen-bond acceptors (Lipinski definition) is 14. The van der Waals surface area contributed by atoms with Crippen LogP contribution >= 0.6 is 23.2 Å². The first-order chi connectivity index (χ1) is 33.2. The highest BCUT2D eigenvalue weighted by atomic mass is 35.5. The smallest absolute Gasteiger partial charge is 0.243 e. The molecule has 0 spiro atoms. The molecule has 0 saturated heterocycles. The lowest BCUT2D eigenvalue weighted by atomic mass is 10.1. The number of nitrogens with one attached hydrogen (secondary N) is 2. The average molecular weight is 942 g/mol. The lowest BCUT2D eigenvalue weighted by Crippen LogP contribution is -2.09. The maximum absolute atomic E-state index is 11.5. The van der Waals surface area contributed by atoms with Crippen LogP contribution in [-0.4, -0.2) is 70.7 Å². The minimum Gasteiger partial charge on any atom is -0.363 e. The third-order valence-electron chi connectivity index (χ3n) is 9.92. The number of Topliss-reactive ketones (excluding diaryl/α,β-unsaturated/α-hetero) is 2. The van der Waals surface area contributed by atoms with E-state index in [-0.39, 0.29) is 23.3 Å². The summed E-state index contributed by atoms with van der Waals surface area (Å²) in [6.07, 6.45) is 14.0. The second kappa shape index (κ2) is 22.2. The van der Waals surface area contributed by atoms with E-state index in [0.717, 1.165) is 44.7 Å². The summed E-state index contributed by atoms with van der Waals surface area (Å²) >= 11 is 11.6. The molecule has 338 valence electrons. The van der Waals surface area contributed by atoms with Crippen LogP contribution in [0.25, 0.3) is 44.8 Å². The van der Waals surface area contributed by atoms with Gasteiger partial charge in [0.1, 0.15) is 33.4 Å². The molecule has 0 bridgehead atoms. The van der Waals surface area contributed by atoms with Crippen LogP contribution in [0.5, 0.6) is 0 Å². The summed E-state index contributed by atoms with van der Waals surface area (Å²) in [5.41, 5.74) is 9.52. The van der Waals surface area contributed by atoms with Crippen LogP contribution in [-0.2, 0) is 35.5 Å². The molecule has 0 aliphatic rings. The molecule has 18 heteroatoms. The predicted molar refractivity (Wildman–Crippen MR) is 262 cm³/mol. The Kier molecular flexibility index (Phi) is 15.1. The van der Waals surface area contributed by atoms with Gasteiger partial charge in [-0.2, -0.15) is 4.98 Å². The third kappa shape index (κ3) is 12.1. The van der Waals surface area contributed by atoms with Crippen molar-refractivity contribution in [2.24, 2.45) is 0 Å². The van der Waals surface area contributed by atoms with Crippen LogP contribution in [0, 0.1) is 0 Å². The number of carbonyl (C=O) groups excluding carboxylic acids is 2. The molecule has 16 nitrogen and oxygen atoms in total. The number of hydrogen-bond donors (Lipinski definition) is 2. The number of ketones is 2. The fourth-order valence-corrected chi connectivity index (χ4v) is 7.34. The minimum absolute atomic E-state index is 0.0217. The van der Waals surface area contributed by atoms with Gasteiger partial charge in [-0.15, -0.1) is 10.2 Å². The highest BCUT2D eigenvalue weighted by Gasteiger charge is 2.17. The van der Waals surface area contributed by atoms with E-state index in [1.54, 1.807) is 33.8 Å². The van der Waals surface area contributed by atoms with Crippen LogP contribution in [0.3, 0.4) is 0 Å². The van der Waals surface area contributed by atoms with E-state index < -0.39 is 0 Å². The van der Waals surface area contributed by atoms with Gasteiger partial charge in [0.2, 0.25) is 11.1 Å². The molecule has 10 rings (SSSR count). The number of fused-ring (bicyclic) bond motifs is 2. The Morgan fingerprint density at radius 3 is 1.54 bits per heavy atom. The summed E-state index contributed by atoms with van der Waals surface area (Å²) < 4.78 is 3.54. The fourth-order valence-electron chi connectivity index (χ4n) is 7.01. The molecule has 68 heavy (non-hydrogen) atoms. The zero-order valence-electron chi connectivity index (χ0n) is 36.8. The van der Waals surface area contributed by atoms with Gasteiger partial charge in [-0.25, -0.2) is 24.0 Å². The Hall–Kier alpha value is -8.34. The number of rotatable bonds is 13. The zero-order chi connectivity index (χ0) is 47.2. The van der Waals surface area contributed by atoms with Gasteiger partial charge in [-0.3, -0.25) is 29.5 Å². The molecular weight excluding hydrogens is 900 g/mol. The van der Waals surface area contributed by atoms with E-state index >= 15 is 0 Å². The number of pyridine rings is 2. The molecular formula is C50H42Cl2N14O2. The van der Waals surface area contributed by atoms with E-state index in [4.69, 9.17) is 33.3 Å². The molecule has 8 heterocycles. The molecule has 10 aromatic rings. The Bertz CT molecular complexity index is 3280. The van der Waals surface area contributed by atoms with Crippen LogP contribution < -0.4 is 10.6 Å². The lowest BCUT2D eigenvalue weighted by molar-refractivity contribution is -0.117. The fraction of sp³-hybridized carbons (Fsp3) is 0.120. The van der Waals surface area contributed by atoms with Crippen molar-refractivity contribution in [3.05, 3.63) is 192 Å². The zero-order valence-corrected chi connectivity index (χ0v) is 38.3. The van der Waals surface area contributed by atoms with Crippen molar-refractivity contribution in [1.82, 2.24) is 59.1 Å². The van der Waals surface area contributed by atoms with Crippen LogP contribution in [0.2, 0.25) is 10.4 Å². The summed E-state index contributed by atoms with van der Waals surface area (Å²) in [5.74, 6) is 1.84. The molecule has 0 atom stereocenters. The first-order valence-corrected chi connectivity index (χ1v) is 22.0. The molecule has 0 aliphatic carbocycles. The number of anilines is 2. The largest absolute Gasteiger partial charge is 0.363 e. The van der Waals surface area contributed by atoms with Crippen molar-refractivity contribution >= 4 is 57.4 Å². The van der Waals surface area contributed by atoms with Gasteiger partial charge in [-0.05, 0) is 73.0 Å².